The SMILES string of the molecule is Cc1ccccc1C1CC(N[C@H](C)c2ccccc2)C1. The van der Waals surface area contributed by atoms with E-state index in [4.69, 9.17) is 0 Å². The average Bonchev–Trinajstić information content (AvgIpc) is 2.44. The Labute approximate surface area is 122 Å². The minimum Gasteiger partial charge on any atom is -0.307 e. The quantitative estimate of drug-likeness (QED) is 0.852. The summed E-state index contributed by atoms with van der Waals surface area (Å²) >= 11 is 0. The van der Waals surface area contributed by atoms with Gasteiger partial charge in [0.15, 0.2) is 0 Å². The molecular weight excluding hydrogens is 242 g/mol. The minimum absolute atomic E-state index is 0.444. The van der Waals surface area contributed by atoms with E-state index in [1.165, 1.54) is 29.5 Å². The van der Waals surface area contributed by atoms with Crippen molar-refractivity contribution in [1.29, 1.82) is 0 Å². The molecule has 0 spiro atoms. The lowest BCUT2D eigenvalue weighted by Crippen LogP contribution is -2.41. The Morgan fingerprint density at radius 1 is 0.950 bits per heavy atom. The molecule has 104 valence electrons. The highest BCUT2D eigenvalue weighted by atomic mass is 15.0. The third kappa shape index (κ3) is 2.78. The summed E-state index contributed by atoms with van der Waals surface area (Å²) < 4.78 is 0. The standard InChI is InChI=1S/C19H23N/c1-14-8-6-7-11-19(14)17-12-18(13-17)20-15(2)16-9-4-3-5-10-16/h3-11,15,17-18,20H,12-13H2,1-2H3/t15-,17?,18?/m1/s1. The number of benzene rings is 2. The molecule has 0 heterocycles. The molecule has 0 radical (unpaired) electrons. The van der Waals surface area contributed by atoms with E-state index in [2.05, 4.69) is 73.8 Å². The summed E-state index contributed by atoms with van der Waals surface area (Å²) in [5.41, 5.74) is 4.36. The lowest BCUT2D eigenvalue weighted by Gasteiger charge is -2.39. The molecule has 1 aliphatic carbocycles. The number of rotatable bonds is 4. The second-order valence-corrected chi connectivity index (χ2v) is 6.02. The maximum atomic E-state index is 3.75. The molecule has 1 nitrogen and oxygen atoms in total. The van der Waals surface area contributed by atoms with Gasteiger partial charge in [-0.2, -0.15) is 0 Å². The molecule has 0 aromatic heterocycles. The zero-order valence-corrected chi connectivity index (χ0v) is 12.3. The summed E-state index contributed by atoms with van der Waals surface area (Å²) in [6.45, 7) is 4.49. The van der Waals surface area contributed by atoms with Crippen LogP contribution in [0.4, 0.5) is 0 Å². The van der Waals surface area contributed by atoms with Crippen molar-refractivity contribution >= 4 is 0 Å². The third-order valence-electron chi connectivity index (χ3n) is 4.55. The molecule has 2 aromatic rings. The summed E-state index contributed by atoms with van der Waals surface area (Å²) in [6.07, 6.45) is 2.53. The van der Waals surface area contributed by atoms with Crippen molar-refractivity contribution in [3.8, 4) is 0 Å². The molecule has 0 bridgehead atoms. The van der Waals surface area contributed by atoms with Crippen molar-refractivity contribution in [2.75, 3.05) is 0 Å². The van der Waals surface area contributed by atoms with Crippen molar-refractivity contribution in [2.45, 2.75) is 44.7 Å². The minimum atomic E-state index is 0.444. The van der Waals surface area contributed by atoms with Gasteiger partial charge in [0.25, 0.3) is 0 Å². The topological polar surface area (TPSA) is 12.0 Å². The van der Waals surface area contributed by atoms with Gasteiger partial charge in [0.05, 0.1) is 0 Å². The fraction of sp³-hybridized carbons (Fsp3) is 0.368. The highest BCUT2D eigenvalue weighted by molar-refractivity contribution is 5.31. The van der Waals surface area contributed by atoms with Gasteiger partial charge < -0.3 is 5.32 Å². The van der Waals surface area contributed by atoms with Crippen molar-refractivity contribution in [3.05, 3.63) is 71.3 Å². The molecule has 1 fully saturated rings. The largest absolute Gasteiger partial charge is 0.307 e. The van der Waals surface area contributed by atoms with Crippen LogP contribution in [-0.4, -0.2) is 6.04 Å². The number of aryl methyl sites for hydroxylation is 1. The molecule has 3 rings (SSSR count). The van der Waals surface area contributed by atoms with Gasteiger partial charge in [-0.25, -0.2) is 0 Å². The van der Waals surface area contributed by atoms with E-state index in [1.54, 1.807) is 0 Å². The zero-order valence-electron chi connectivity index (χ0n) is 12.3. The maximum Gasteiger partial charge on any atom is 0.0294 e. The van der Waals surface area contributed by atoms with Crippen molar-refractivity contribution < 1.29 is 0 Å². The summed E-state index contributed by atoms with van der Waals surface area (Å²) in [5.74, 6) is 0.747. The van der Waals surface area contributed by atoms with Crippen LogP contribution in [0.3, 0.4) is 0 Å². The van der Waals surface area contributed by atoms with E-state index in [9.17, 15) is 0 Å². The molecular formula is C19H23N. The van der Waals surface area contributed by atoms with Gasteiger partial charge >= 0.3 is 0 Å². The predicted molar refractivity (Wildman–Crippen MR) is 84.9 cm³/mol. The van der Waals surface area contributed by atoms with Crippen LogP contribution in [0.25, 0.3) is 0 Å². The molecule has 1 atom stereocenters. The summed E-state index contributed by atoms with van der Waals surface area (Å²) in [5, 5.41) is 3.75. The Kier molecular flexibility index (Phi) is 3.88. The van der Waals surface area contributed by atoms with E-state index in [0.717, 1.165) is 5.92 Å². The van der Waals surface area contributed by atoms with Gasteiger partial charge in [-0.15, -0.1) is 0 Å². The Morgan fingerprint density at radius 3 is 2.30 bits per heavy atom. The van der Waals surface area contributed by atoms with E-state index in [0.29, 0.717) is 12.1 Å². The van der Waals surface area contributed by atoms with Gasteiger partial charge in [0, 0.05) is 12.1 Å². The highest BCUT2D eigenvalue weighted by Crippen LogP contribution is 2.39. The molecule has 2 aromatic carbocycles. The number of hydrogen-bond acceptors (Lipinski definition) is 1. The first-order valence-corrected chi connectivity index (χ1v) is 7.60. The van der Waals surface area contributed by atoms with Crippen molar-refractivity contribution in [3.63, 3.8) is 0 Å². The molecule has 0 unspecified atom stereocenters. The Bertz CT molecular complexity index is 555. The van der Waals surface area contributed by atoms with Gasteiger partial charge in [-0.1, -0.05) is 54.6 Å². The molecule has 1 saturated carbocycles. The van der Waals surface area contributed by atoms with Crippen LogP contribution in [0.5, 0.6) is 0 Å². The third-order valence-corrected chi connectivity index (χ3v) is 4.55. The van der Waals surface area contributed by atoms with Crippen LogP contribution < -0.4 is 5.32 Å². The van der Waals surface area contributed by atoms with Crippen LogP contribution in [0.2, 0.25) is 0 Å². The first-order chi connectivity index (χ1) is 9.74. The van der Waals surface area contributed by atoms with E-state index < -0.39 is 0 Å². The summed E-state index contributed by atoms with van der Waals surface area (Å²) in [7, 11) is 0. The van der Waals surface area contributed by atoms with E-state index in [1.807, 2.05) is 0 Å². The summed E-state index contributed by atoms with van der Waals surface area (Å²) in [4.78, 5) is 0. The Morgan fingerprint density at radius 2 is 1.60 bits per heavy atom. The smallest absolute Gasteiger partial charge is 0.0294 e. The van der Waals surface area contributed by atoms with E-state index >= 15 is 0 Å². The molecule has 1 N–H and O–H groups in total. The molecule has 0 saturated heterocycles. The first-order valence-electron chi connectivity index (χ1n) is 7.60. The number of nitrogens with one attached hydrogen (secondary N) is 1. The first kappa shape index (κ1) is 13.4. The Hall–Kier alpha value is -1.60. The Balaban J connectivity index is 1.55. The van der Waals surface area contributed by atoms with Gasteiger partial charge in [-0.3, -0.25) is 0 Å². The highest BCUT2D eigenvalue weighted by Gasteiger charge is 2.31. The van der Waals surface area contributed by atoms with Crippen molar-refractivity contribution in [2.24, 2.45) is 0 Å². The molecule has 1 aliphatic rings. The normalized spacial score (nSPS) is 23.1. The van der Waals surface area contributed by atoms with Crippen LogP contribution in [0.15, 0.2) is 54.6 Å². The monoisotopic (exact) mass is 265 g/mol. The predicted octanol–water partition coefficient (Wildman–Crippen LogP) is 4.59. The zero-order chi connectivity index (χ0) is 13.9. The van der Waals surface area contributed by atoms with Gasteiger partial charge in [0.2, 0.25) is 0 Å². The average molecular weight is 265 g/mol. The fourth-order valence-electron chi connectivity index (χ4n) is 3.24. The fourth-order valence-corrected chi connectivity index (χ4v) is 3.24. The molecule has 0 aliphatic heterocycles. The van der Waals surface area contributed by atoms with Crippen molar-refractivity contribution in [1.82, 2.24) is 5.32 Å². The van der Waals surface area contributed by atoms with E-state index in [-0.39, 0.29) is 0 Å². The molecule has 1 heteroatoms. The second-order valence-electron chi connectivity index (χ2n) is 6.02. The second kappa shape index (κ2) is 5.80. The van der Waals surface area contributed by atoms with Gasteiger partial charge in [-0.05, 0) is 49.3 Å². The van der Waals surface area contributed by atoms with Crippen LogP contribution >= 0.6 is 0 Å². The molecule has 20 heavy (non-hydrogen) atoms. The molecule has 0 amide bonds. The lowest BCUT2D eigenvalue weighted by atomic mass is 9.74. The van der Waals surface area contributed by atoms with Crippen LogP contribution in [-0.2, 0) is 0 Å². The van der Waals surface area contributed by atoms with Crippen LogP contribution in [0, 0.1) is 6.92 Å². The lowest BCUT2D eigenvalue weighted by molar-refractivity contribution is 0.270. The van der Waals surface area contributed by atoms with Gasteiger partial charge in [0.1, 0.15) is 0 Å². The summed E-state index contributed by atoms with van der Waals surface area (Å²) in [6, 6.07) is 20.6. The van der Waals surface area contributed by atoms with Crippen LogP contribution in [0.1, 0.15) is 48.4 Å². The maximum absolute atomic E-state index is 3.75. The number of hydrogen-bond donors (Lipinski definition) is 1.